The monoisotopic (exact) mass is 216 g/mol. The summed E-state index contributed by atoms with van der Waals surface area (Å²) in [5.74, 6) is 0.624. The maximum Gasteiger partial charge on any atom is 0.368 e. The molecule has 1 aromatic heterocycles. The van der Waals surface area contributed by atoms with Gasteiger partial charge in [-0.1, -0.05) is 18.2 Å². The number of aromatic nitrogens is 4. The Hall–Kier alpha value is -1.91. The SMILES string of the molecule is O=c1n(CC2CC2)nnn1-c1ccccc1. The second-order valence-corrected chi connectivity index (χ2v) is 4.13. The molecule has 1 heterocycles. The van der Waals surface area contributed by atoms with Crippen molar-refractivity contribution in [2.24, 2.45) is 5.92 Å². The molecule has 3 rings (SSSR count). The molecule has 16 heavy (non-hydrogen) atoms. The van der Waals surface area contributed by atoms with Crippen molar-refractivity contribution in [3.8, 4) is 5.69 Å². The lowest BCUT2D eigenvalue weighted by atomic mass is 10.3. The lowest BCUT2D eigenvalue weighted by molar-refractivity contribution is 0.530. The molecule has 0 radical (unpaired) electrons. The zero-order valence-corrected chi connectivity index (χ0v) is 8.78. The normalized spacial score (nSPS) is 15.2. The van der Waals surface area contributed by atoms with E-state index in [9.17, 15) is 4.79 Å². The third kappa shape index (κ3) is 1.64. The van der Waals surface area contributed by atoms with Gasteiger partial charge in [0.15, 0.2) is 0 Å². The first-order valence-corrected chi connectivity index (χ1v) is 5.43. The van der Waals surface area contributed by atoms with Crippen LogP contribution < -0.4 is 5.69 Å². The van der Waals surface area contributed by atoms with Crippen LogP contribution in [0.25, 0.3) is 5.69 Å². The van der Waals surface area contributed by atoms with Gasteiger partial charge >= 0.3 is 5.69 Å². The summed E-state index contributed by atoms with van der Waals surface area (Å²) in [6.07, 6.45) is 2.40. The van der Waals surface area contributed by atoms with Crippen LogP contribution in [0.15, 0.2) is 35.1 Å². The van der Waals surface area contributed by atoms with Crippen molar-refractivity contribution >= 4 is 0 Å². The Morgan fingerprint density at radius 3 is 2.62 bits per heavy atom. The van der Waals surface area contributed by atoms with E-state index < -0.39 is 0 Å². The lowest BCUT2D eigenvalue weighted by Gasteiger charge is -1.96. The minimum Gasteiger partial charge on any atom is -0.244 e. The molecule has 2 aromatic rings. The van der Waals surface area contributed by atoms with Crippen LogP contribution >= 0.6 is 0 Å². The molecular formula is C11H12N4O. The van der Waals surface area contributed by atoms with Crippen LogP contribution in [-0.2, 0) is 6.54 Å². The molecule has 1 aliphatic carbocycles. The Morgan fingerprint density at radius 2 is 1.94 bits per heavy atom. The van der Waals surface area contributed by atoms with Gasteiger partial charge in [-0.15, -0.1) is 0 Å². The molecule has 0 bridgehead atoms. The number of para-hydroxylation sites is 1. The Morgan fingerprint density at radius 1 is 1.19 bits per heavy atom. The first-order valence-electron chi connectivity index (χ1n) is 5.43. The fraction of sp³-hybridized carbons (Fsp3) is 0.364. The highest BCUT2D eigenvalue weighted by atomic mass is 16.2. The summed E-state index contributed by atoms with van der Waals surface area (Å²) in [5.41, 5.74) is 0.604. The average molecular weight is 216 g/mol. The van der Waals surface area contributed by atoms with E-state index in [-0.39, 0.29) is 5.69 Å². The van der Waals surface area contributed by atoms with Crippen molar-refractivity contribution in [2.45, 2.75) is 19.4 Å². The van der Waals surface area contributed by atoms with E-state index in [0.717, 1.165) is 5.69 Å². The van der Waals surface area contributed by atoms with Crippen LogP contribution in [0.3, 0.4) is 0 Å². The highest BCUT2D eigenvalue weighted by Crippen LogP contribution is 2.29. The van der Waals surface area contributed by atoms with Gasteiger partial charge in [0.25, 0.3) is 0 Å². The second kappa shape index (κ2) is 3.59. The quantitative estimate of drug-likeness (QED) is 0.764. The summed E-state index contributed by atoms with van der Waals surface area (Å²) >= 11 is 0. The largest absolute Gasteiger partial charge is 0.368 e. The molecule has 5 heteroatoms. The molecule has 1 saturated carbocycles. The third-order valence-electron chi connectivity index (χ3n) is 2.77. The predicted octanol–water partition coefficient (Wildman–Crippen LogP) is 0.839. The minimum absolute atomic E-state index is 0.155. The molecule has 0 amide bonds. The van der Waals surface area contributed by atoms with Gasteiger partial charge in [0.05, 0.1) is 12.2 Å². The molecule has 0 saturated heterocycles. The molecule has 1 aromatic carbocycles. The minimum atomic E-state index is -0.155. The molecular weight excluding hydrogens is 204 g/mol. The summed E-state index contributed by atoms with van der Waals surface area (Å²) in [4.78, 5) is 11.9. The first-order chi connectivity index (χ1) is 7.84. The number of hydrogen-bond acceptors (Lipinski definition) is 3. The summed E-state index contributed by atoms with van der Waals surface area (Å²) < 4.78 is 2.78. The summed E-state index contributed by atoms with van der Waals surface area (Å²) in [6.45, 7) is 0.700. The predicted molar refractivity (Wildman–Crippen MR) is 58.3 cm³/mol. The standard InChI is InChI=1S/C11H12N4O/c16-11-14(8-9-6-7-9)12-13-15(11)10-4-2-1-3-5-10/h1-5,9H,6-8H2. The topological polar surface area (TPSA) is 52.7 Å². The Bertz CT molecular complexity index is 539. The van der Waals surface area contributed by atoms with Crippen LogP contribution in [-0.4, -0.2) is 19.8 Å². The number of rotatable bonds is 3. The number of benzene rings is 1. The van der Waals surface area contributed by atoms with E-state index in [0.29, 0.717) is 12.5 Å². The van der Waals surface area contributed by atoms with Gasteiger partial charge < -0.3 is 0 Å². The van der Waals surface area contributed by atoms with Gasteiger partial charge in [0.2, 0.25) is 0 Å². The van der Waals surface area contributed by atoms with Crippen molar-refractivity contribution in [1.82, 2.24) is 19.8 Å². The summed E-state index contributed by atoms with van der Waals surface area (Å²) in [6, 6.07) is 9.35. The van der Waals surface area contributed by atoms with E-state index >= 15 is 0 Å². The molecule has 1 aliphatic rings. The number of nitrogens with zero attached hydrogens (tertiary/aromatic N) is 4. The molecule has 82 valence electrons. The van der Waals surface area contributed by atoms with Crippen molar-refractivity contribution in [3.63, 3.8) is 0 Å². The van der Waals surface area contributed by atoms with Gasteiger partial charge in [0, 0.05) is 0 Å². The fourth-order valence-electron chi connectivity index (χ4n) is 1.67. The highest BCUT2D eigenvalue weighted by Gasteiger charge is 2.23. The molecule has 5 nitrogen and oxygen atoms in total. The number of hydrogen-bond donors (Lipinski definition) is 0. The van der Waals surface area contributed by atoms with E-state index in [2.05, 4.69) is 10.4 Å². The van der Waals surface area contributed by atoms with Crippen LogP contribution in [0.1, 0.15) is 12.8 Å². The van der Waals surface area contributed by atoms with Crippen LogP contribution in [0.5, 0.6) is 0 Å². The van der Waals surface area contributed by atoms with Gasteiger partial charge in [-0.3, -0.25) is 0 Å². The van der Waals surface area contributed by atoms with E-state index in [1.165, 1.54) is 22.2 Å². The molecule has 1 fully saturated rings. The van der Waals surface area contributed by atoms with E-state index in [1.807, 2.05) is 30.3 Å². The molecule has 0 N–H and O–H groups in total. The Kier molecular flexibility index (Phi) is 2.09. The third-order valence-corrected chi connectivity index (χ3v) is 2.77. The van der Waals surface area contributed by atoms with Crippen molar-refractivity contribution in [3.05, 3.63) is 40.8 Å². The smallest absolute Gasteiger partial charge is 0.244 e. The van der Waals surface area contributed by atoms with Gasteiger partial charge in [-0.25, -0.2) is 4.79 Å². The molecule has 0 aliphatic heterocycles. The number of tetrazole rings is 1. The zero-order chi connectivity index (χ0) is 11.0. The fourth-order valence-corrected chi connectivity index (χ4v) is 1.67. The Labute approximate surface area is 92.3 Å². The first kappa shape index (κ1) is 9.33. The summed E-state index contributed by atoms with van der Waals surface area (Å²) in [7, 11) is 0. The van der Waals surface area contributed by atoms with Crippen molar-refractivity contribution in [2.75, 3.05) is 0 Å². The summed E-state index contributed by atoms with van der Waals surface area (Å²) in [5, 5.41) is 7.77. The highest BCUT2D eigenvalue weighted by molar-refractivity contribution is 5.28. The van der Waals surface area contributed by atoms with Gasteiger partial charge in [-0.05, 0) is 41.3 Å². The van der Waals surface area contributed by atoms with Gasteiger partial charge in [-0.2, -0.15) is 9.36 Å². The van der Waals surface area contributed by atoms with Crippen LogP contribution in [0.2, 0.25) is 0 Å². The zero-order valence-electron chi connectivity index (χ0n) is 8.78. The van der Waals surface area contributed by atoms with E-state index in [1.54, 1.807) is 0 Å². The van der Waals surface area contributed by atoms with Gasteiger partial charge in [0.1, 0.15) is 0 Å². The van der Waals surface area contributed by atoms with E-state index in [4.69, 9.17) is 0 Å². The van der Waals surface area contributed by atoms with Crippen molar-refractivity contribution < 1.29 is 0 Å². The lowest BCUT2D eigenvalue weighted by Crippen LogP contribution is -2.24. The molecule has 0 unspecified atom stereocenters. The maximum atomic E-state index is 11.9. The van der Waals surface area contributed by atoms with Crippen molar-refractivity contribution in [1.29, 1.82) is 0 Å². The average Bonchev–Trinajstić information content (AvgIpc) is 3.06. The molecule has 0 atom stereocenters. The van der Waals surface area contributed by atoms with Crippen LogP contribution in [0.4, 0.5) is 0 Å². The maximum absolute atomic E-state index is 11.9. The molecule has 0 spiro atoms. The van der Waals surface area contributed by atoms with Crippen LogP contribution in [0, 0.1) is 5.92 Å². The second-order valence-electron chi connectivity index (χ2n) is 4.13. The Balaban J connectivity index is 1.96.